The second kappa shape index (κ2) is 5.49. The predicted octanol–water partition coefficient (Wildman–Crippen LogP) is 4.95. The van der Waals surface area contributed by atoms with Gasteiger partial charge in [0.25, 0.3) is 0 Å². The molecule has 1 aliphatic rings. The number of rotatable bonds is 2. The normalized spacial score (nSPS) is 26.5. The van der Waals surface area contributed by atoms with Crippen molar-refractivity contribution in [2.45, 2.75) is 36.9 Å². The lowest BCUT2D eigenvalue weighted by Gasteiger charge is -2.25. The Morgan fingerprint density at radius 2 is 2.13 bits per heavy atom. The number of halogens is 2. The van der Waals surface area contributed by atoms with Crippen LogP contribution in [-0.2, 0) is 6.42 Å². The van der Waals surface area contributed by atoms with Gasteiger partial charge in [0.15, 0.2) is 0 Å². The van der Waals surface area contributed by atoms with E-state index in [4.69, 9.17) is 0 Å². The molecule has 0 heterocycles. The van der Waals surface area contributed by atoms with Crippen LogP contribution in [0.25, 0.3) is 0 Å². The molecule has 0 bridgehead atoms. The van der Waals surface area contributed by atoms with Crippen molar-refractivity contribution in [3.63, 3.8) is 0 Å². The quantitative estimate of drug-likeness (QED) is 0.673. The lowest BCUT2D eigenvalue weighted by Crippen LogP contribution is -2.16. The first-order valence-corrected chi connectivity index (χ1v) is 7.33. The van der Waals surface area contributed by atoms with E-state index in [9.17, 15) is 0 Å². The minimum atomic E-state index is 0.753. The molecule has 0 N–H and O–H groups in total. The summed E-state index contributed by atoms with van der Waals surface area (Å²) in [4.78, 5) is 0.753. The average Bonchev–Trinajstić information content (AvgIpc) is 2.17. The third kappa shape index (κ3) is 3.60. The zero-order valence-corrected chi connectivity index (χ0v) is 11.9. The Hall–Kier alpha value is 0.180. The van der Waals surface area contributed by atoms with Gasteiger partial charge in [0.05, 0.1) is 0 Å². The minimum Gasteiger partial charge on any atom is -0.0891 e. The van der Waals surface area contributed by atoms with Gasteiger partial charge in [0.1, 0.15) is 0 Å². The Balaban J connectivity index is 1.96. The first-order valence-electron chi connectivity index (χ1n) is 5.62. The Labute approximate surface area is 109 Å². The molecule has 1 aromatic carbocycles. The summed E-state index contributed by atoms with van der Waals surface area (Å²) >= 11 is 7.28. The highest BCUT2D eigenvalue weighted by molar-refractivity contribution is 9.10. The van der Waals surface area contributed by atoms with Gasteiger partial charge in [-0.05, 0) is 42.9 Å². The fraction of sp³-hybridized carbons (Fsp3) is 0.538. The number of benzene rings is 1. The predicted molar refractivity (Wildman–Crippen MR) is 72.5 cm³/mol. The van der Waals surface area contributed by atoms with Crippen LogP contribution in [0, 0.1) is 5.92 Å². The summed E-state index contributed by atoms with van der Waals surface area (Å²) in [5.41, 5.74) is 1.47. The molecule has 0 nitrogen and oxygen atoms in total. The van der Waals surface area contributed by atoms with Crippen molar-refractivity contribution in [3.8, 4) is 0 Å². The molecule has 0 saturated heterocycles. The van der Waals surface area contributed by atoms with Crippen LogP contribution in [0.2, 0.25) is 0 Å². The van der Waals surface area contributed by atoms with Gasteiger partial charge in [-0.3, -0.25) is 0 Å². The topological polar surface area (TPSA) is 0 Å². The highest BCUT2D eigenvalue weighted by Gasteiger charge is 2.19. The van der Waals surface area contributed by atoms with E-state index in [1.54, 1.807) is 0 Å². The van der Waals surface area contributed by atoms with Crippen molar-refractivity contribution in [1.29, 1.82) is 0 Å². The molecule has 82 valence electrons. The van der Waals surface area contributed by atoms with Crippen LogP contribution < -0.4 is 0 Å². The van der Waals surface area contributed by atoms with E-state index in [0.29, 0.717) is 0 Å². The maximum atomic E-state index is 3.75. The standard InChI is InChI=1S/C13H16Br2/c14-12-5-1-3-10(8-12)7-11-4-2-6-13(15)9-11/h1,3,5,8,11,13H,2,4,6-7,9H2. The Bertz CT molecular complexity index is 322. The van der Waals surface area contributed by atoms with Gasteiger partial charge >= 0.3 is 0 Å². The average molecular weight is 332 g/mol. The van der Waals surface area contributed by atoms with Crippen LogP contribution in [-0.4, -0.2) is 4.83 Å². The number of hydrogen-bond donors (Lipinski definition) is 0. The molecule has 15 heavy (non-hydrogen) atoms. The zero-order valence-electron chi connectivity index (χ0n) is 8.76. The van der Waals surface area contributed by atoms with Crippen molar-refractivity contribution >= 4 is 31.9 Å². The van der Waals surface area contributed by atoms with Crippen molar-refractivity contribution in [2.75, 3.05) is 0 Å². The molecule has 2 rings (SSSR count). The van der Waals surface area contributed by atoms with Crippen LogP contribution >= 0.6 is 31.9 Å². The first-order chi connectivity index (χ1) is 7.24. The van der Waals surface area contributed by atoms with Gasteiger partial charge in [-0.25, -0.2) is 0 Å². The molecule has 0 aliphatic heterocycles. The summed E-state index contributed by atoms with van der Waals surface area (Å²) in [7, 11) is 0. The molecule has 2 atom stereocenters. The van der Waals surface area contributed by atoms with Gasteiger partial charge < -0.3 is 0 Å². The molecule has 1 aromatic rings. The number of hydrogen-bond acceptors (Lipinski definition) is 0. The highest BCUT2D eigenvalue weighted by Crippen LogP contribution is 2.31. The molecule has 0 amide bonds. The Morgan fingerprint density at radius 1 is 1.27 bits per heavy atom. The molecule has 2 unspecified atom stereocenters. The van der Waals surface area contributed by atoms with Gasteiger partial charge in [0.2, 0.25) is 0 Å². The fourth-order valence-corrected chi connectivity index (χ4v) is 3.71. The van der Waals surface area contributed by atoms with Crippen molar-refractivity contribution in [2.24, 2.45) is 5.92 Å². The first kappa shape index (κ1) is 11.7. The molecular formula is C13H16Br2. The Kier molecular flexibility index (Phi) is 4.27. The van der Waals surface area contributed by atoms with E-state index in [1.165, 1.54) is 42.1 Å². The SMILES string of the molecule is Brc1cccc(CC2CCCC(Br)C2)c1. The summed E-state index contributed by atoms with van der Waals surface area (Å²) in [6.07, 6.45) is 6.71. The van der Waals surface area contributed by atoms with Crippen molar-refractivity contribution in [3.05, 3.63) is 34.3 Å². The molecular weight excluding hydrogens is 316 g/mol. The lowest BCUT2D eigenvalue weighted by atomic mass is 9.85. The van der Waals surface area contributed by atoms with Gasteiger partial charge in [-0.1, -0.05) is 56.8 Å². The third-order valence-corrected chi connectivity index (χ3v) is 4.46. The second-order valence-electron chi connectivity index (χ2n) is 4.46. The molecule has 2 heteroatoms. The van der Waals surface area contributed by atoms with Gasteiger partial charge in [-0.15, -0.1) is 0 Å². The van der Waals surface area contributed by atoms with Crippen LogP contribution in [0.15, 0.2) is 28.7 Å². The van der Waals surface area contributed by atoms with Crippen LogP contribution in [0.1, 0.15) is 31.2 Å². The van der Waals surface area contributed by atoms with E-state index in [0.717, 1.165) is 10.7 Å². The molecule has 1 fully saturated rings. The fourth-order valence-electron chi connectivity index (χ4n) is 2.41. The summed E-state index contributed by atoms with van der Waals surface area (Å²) in [6, 6.07) is 8.71. The van der Waals surface area contributed by atoms with Crippen LogP contribution in [0.5, 0.6) is 0 Å². The zero-order chi connectivity index (χ0) is 10.7. The van der Waals surface area contributed by atoms with Crippen LogP contribution in [0.3, 0.4) is 0 Å². The monoisotopic (exact) mass is 330 g/mol. The molecule has 0 spiro atoms. The van der Waals surface area contributed by atoms with Gasteiger partial charge in [0, 0.05) is 9.30 Å². The third-order valence-electron chi connectivity index (χ3n) is 3.13. The van der Waals surface area contributed by atoms with E-state index in [-0.39, 0.29) is 0 Å². The summed E-state index contributed by atoms with van der Waals surface area (Å²) in [5.74, 6) is 0.873. The minimum absolute atomic E-state index is 0.753. The maximum absolute atomic E-state index is 3.75. The van der Waals surface area contributed by atoms with Crippen molar-refractivity contribution in [1.82, 2.24) is 0 Å². The summed E-state index contributed by atoms with van der Waals surface area (Å²) in [6.45, 7) is 0. The lowest BCUT2D eigenvalue weighted by molar-refractivity contribution is 0.368. The summed E-state index contributed by atoms with van der Waals surface area (Å²) < 4.78 is 1.20. The highest BCUT2D eigenvalue weighted by atomic mass is 79.9. The summed E-state index contributed by atoms with van der Waals surface area (Å²) in [5, 5.41) is 0. The number of alkyl halides is 1. The van der Waals surface area contributed by atoms with Crippen molar-refractivity contribution < 1.29 is 0 Å². The van der Waals surface area contributed by atoms with E-state index >= 15 is 0 Å². The molecule has 1 saturated carbocycles. The maximum Gasteiger partial charge on any atom is 0.0177 e. The molecule has 1 aliphatic carbocycles. The largest absolute Gasteiger partial charge is 0.0891 e. The van der Waals surface area contributed by atoms with Gasteiger partial charge in [-0.2, -0.15) is 0 Å². The van der Waals surface area contributed by atoms with E-state index in [2.05, 4.69) is 56.1 Å². The Morgan fingerprint density at radius 3 is 2.87 bits per heavy atom. The second-order valence-corrected chi connectivity index (χ2v) is 6.67. The smallest absolute Gasteiger partial charge is 0.0177 e. The van der Waals surface area contributed by atoms with E-state index in [1.807, 2.05) is 0 Å². The molecule has 0 radical (unpaired) electrons. The van der Waals surface area contributed by atoms with Crippen LogP contribution in [0.4, 0.5) is 0 Å². The van der Waals surface area contributed by atoms with E-state index < -0.39 is 0 Å². The molecule has 0 aromatic heterocycles.